The van der Waals surface area contributed by atoms with Crippen LogP contribution in [0.4, 0.5) is 0 Å². The molecule has 0 aliphatic heterocycles. The molecule has 0 N–H and O–H groups in total. The fourth-order valence-electron chi connectivity index (χ4n) is 2.03. The average Bonchev–Trinajstić information content (AvgIpc) is 2.53. The van der Waals surface area contributed by atoms with Crippen LogP contribution in [-0.2, 0) is 11.3 Å². The molecule has 16 heavy (non-hydrogen) atoms. The van der Waals surface area contributed by atoms with Crippen molar-refractivity contribution in [3.05, 3.63) is 34.5 Å². The Kier molecular flexibility index (Phi) is 2.95. The van der Waals surface area contributed by atoms with E-state index in [1.165, 1.54) is 0 Å². The highest BCUT2D eigenvalue weighted by atomic mass is 16.5. The van der Waals surface area contributed by atoms with Gasteiger partial charge < -0.3 is 9.30 Å². The zero-order chi connectivity index (χ0) is 11.5. The molecule has 0 amide bonds. The summed E-state index contributed by atoms with van der Waals surface area (Å²) in [6, 6.07) is 0. The van der Waals surface area contributed by atoms with Crippen molar-refractivity contribution < 1.29 is 9.53 Å². The number of rotatable bonds is 3. The Morgan fingerprint density at radius 2 is 2.38 bits per heavy atom. The van der Waals surface area contributed by atoms with Gasteiger partial charge in [-0.1, -0.05) is 12.2 Å². The molecule has 0 bridgehead atoms. The van der Waals surface area contributed by atoms with Gasteiger partial charge in [0.25, 0.3) is 0 Å². The van der Waals surface area contributed by atoms with E-state index in [1.54, 1.807) is 7.11 Å². The number of aldehydes is 1. The number of carbonyl (C=O) groups is 1. The highest BCUT2D eigenvalue weighted by molar-refractivity contribution is 5.76. The Labute approximate surface area is 94.3 Å². The van der Waals surface area contributed by atoms with E-state index < -0.39 is 0 Å². The zero-order valence-electron chi connectivity index (χ0n) is 9.56. The second-order valence-corrected chi connectivity index (χ2v) is 3.66. The Morgan fingerprint density at radius 3 is 3.00 bits per heavy atom. The van der Waals surface area contributed by atoms with Crippen LogP contribution in [0.3, 0.4) is 0 Å². The topological polar surface area (TPSA) is 31.2 Å². The Bertz CT molecular complexity index is 549. The lowest BCUT2D eigenvalue weighted by molar-refractivity contribution is 0.112. The number of aromatic nitrogens is 1. The summed E-state index contributed by atoms with van der Waals surface area (Å²) in [6.45, 7) is 2.88. The van der Waals surface area contributed by atoms with Gasteiger partial charge in [0.05, 0.1) is 12.5 Å². The summed E-state index contributed by atoms with van der Waals surface area (Å²) in [6.07, 6.45) is 9.67. The Hall–Kier alpha value is -1.77. The molecule has 0 fully saturated rings. The van der Waals surface area contributed by atoms with E-state index in [0.717, 1.165) is 41.1 Å². The number of methoxy groups -OCH3 is 1. The molecular weight excluding hydrogens is 202 g/mol. The van der Waals surface area contributed by atoms with E-state index >= 15 is 0 Å². The third kappa shape index (κ3) is 1.58. The summed E-state index contributed by atoms with van der Waals surface area (Å²) >= 11 is 0. The highest BCUT2D eigenvalue weighted by Crippen LogP contribution is 2.02. The van der Waals surface area contributed by atoms with Crippen LogP contribution >= 0.6 is 0 Å². The Morgan fingerprint density at radius 1 is 1.56 bits per heavy atom. The minimum atomic E-state index is 0.732. The van der Waals surface area contributed by atoms with Crippen LogP contribution in [0.1, 0.15) is 23.7 Å². The van der Waals surface area contributed by atoms with E-state index in [4.69, 9.17) is 4.74 Å². The summed E-state index contributed by atoms with van der Waals surface area (Å²) < 4.78 is 7.42. The van der Waals surface area contributed by atoms with Gasteiger partial charge in [-0.2, -0.15) is 0 Å². The van der Waals surface area contributed by atoms with Gasteiger partial charge in [-0.25, -0.2) is 0 Å². The maximum Gasteiger partial charge on any atom is 0.152 e. The largest absolute Gasteiger partial charge is 0.495 e. The Balaban J connectivity index is 2.90. The number of hydrogen-bond acceptors (Lipinski definition) is 2. The smallest absolute Gasteiger partial charge is 0.152 e. The summed E-state index contributed by atoms with van der Waals surface area (Å²) in [5, 5.41) is 1.99. The molecule has 1 aromatic heterocycles. The van der Waals surface area contributed by atoms with Crippen molar-refractivity contribution in [1.29, 1.82) is 0 Å². The fourth-order valence-corrected chi connectivity index (χ4v) is 2.03. The van der Waals surface area contributed by atoms with Gasteiger partial charge in [0, 0.05) is 23.5 Å². The number of aryl methyl sites for hydroxylation is 1. The van der Waals surface area contributed by atoms with Gasteiger partial charge in [0.1, 0.15) is 5.76 Å². The minimum absolute atomic E-state index is 0.732. The third-order valence-corrected chi connectivity index (χ3v) is 2.80. The van der Waals surface area contributed by atoms with E-state index in [0.29, 0.717) is 0 Å². The molecule has 0 aromatic carbocycles. The second kappa shape index (κ2) is 4.39. The number of hydrogen-bond donors (Lipinski definition) is 0. The van der Waals surface area contributed by atoms with Crippen LogP contribution in [-0.4, -0.2) is 18.0 Å². The number of carbonyl (C=O) groups excluding carboxylic acids is 1. The maximum atomic E-state index is 11.0. The molecule has 0 saturated carbocycles. The predicted molar refractivity (Wildman–Crippen MR) is 63.4 cm³/mol. The lowest BCUT2D eigenvalue weighted by Gasteiger charge is -2.02. The molecule has 0 unspecified atom stereocenters. The predicted octanol–water partition coefficient (Wildman–Crippen LogP) is 0.816. The summed E-state index contributed by atoms with van der Waals surface area (Å²) in [5.41, 5.74) is 0.732. The molecule has 0 atom stereocenters. The van der Waals surface area contributed by atoms with Crippen molar-refractivity contribution in [3.63, 3.8) is 0 Å². The van der Waals surface area contributed by atoms with Gasteiger partial charge in [0.2, 0.25) is 0 Å². The van der Waals surface area contributed by atoms with Crippen molar-refractivity contribution in [2.45, 2.75) is 19.9 Å². The molecule has 1 aliphatic rings. The normalized spacial score (nSPS) is 14.0. The van der Waals surface area contributed by atoms with E-state index in [2.05, 4.69) is 13.0 Å². The third-order valence-electron chi connectivity index (χ3n) is 2.80. The minimum Gasteiger partial charge on any atom is -0.495 e. The van der Waals surface area contributed by atoms with Crippen molar-refractivity contribution in [3.8, 4) is 0 Å². The van der Waals surface area contributed by atoms with Gasteiger partial charge in [-0.15, -0.1) is 0 Å². The standard InChI is InChI=1S/C13H15NO2/c1-3-14-8-10(9-15)11-6-4-5-7-12(16-2)13(11)14/h5-9H,3-4H2,1-2H3. The molecule has 1 aliphatic carbocycles. The van der Waals surface area contributed by atoms with Crippen LogP contribution in [0.15, 0.2) is 18.3 Å². The molecule has 1 heterocycles. The molecular formula is C13H15NO2. The van der Waals surface area contributed by atoms with Crippen molar-refractivity contribution in [2.75, 3.05) is 7.11 Å². The number of fused-ring (bicyclic) bond motifs is 1. The quantitative estimate of drug-likeness (QED) is 0.702. The summed E-state index contributed by atoms with van der Waals surface area (Å²) in [4.78, 5) is 11.0. The number of allylic oxidation sites excluding steroid dienone is 1. The van der Waals surface area contributed by atoms with Crippen LogP contribution < -0.4 is 10.6 Å². The first-order valence-electron chi connectivity index (χ1n) is 5.41. The van der Waals surface area contributed by atoms with Gasteiger partial charge in [0.15, 0.2) is 6.29 Å². The molecule has 1 aromatic rings. The van der Waals surface area contributed by atoms with Crippen LogP contribution in [0.5, 0.6) is 0 Å². The molecule has 84 valence electrons. The van der Waals surface area contributed by atoms with E-state index in [-0.39, 0.29) is 0 Å². The average molecular weight is 217 g/mol. The SMILES string of the molecule is CCn1cc(C=O)c2c1=C(OC)C=CCC=2. The molecule has 0 radical (unpaired) electrons. The first kappa shape index (κ1) is 10.7. The molecule has 0 saturated heterocycles. The molecule has 0 spiro atoms. The first-order valence-corrected chi connectivity index (χ1v) is 5.41. The highest BCUT2D eigenvalue weighted by Gasteiger charge is 2.08. The van der Waals surface area contributed by atoms with Crippen molar-refractivity contribution >= 4 is 18.1 Å². The second-order valence-electron chi connectivity index (χ2n) is 3.66. The maximum absolute atomic E-state index is 11.0. The van der Waals surface area contributed by atoms with Crippen LogP contribution in [0.25, 0.3) is 11.8 Å². The molecule has 3 nitrogen and oxygen atoms in total. The lowest BCUT2D eigenvalue weighted by Crippen LogP contribution is -2.32. The van der Waals surface area contributed by atoms with Gasteiger partial charge in [-0.05, 0) is 19.4 Å². The van der Waals surface area contributed by atoms with Gasteiger partial charge >= 0.3 is 0 Å². The van der Waals surface area contributed by atoms with Crippen LogP contribution in [0.2, 0.25) is 0 Å². The van der Waals surface area contributed by atoms with Crippen molar-refractivity contribution in [1.82, 2.24) is 4.57 Å². The molecule has 3 heteroatoms. The van der Waals surface area contributed by atoms with Gasteiger partial charge in [-0.3, -0.25) is 4.79 Å². The first-order chi connectivity index (χ1) is 7.81. The fraction of sp³-hybridized carbons (Fsp3) is 0.308. The number of nitrogens with zero attached hydrogens (tertiary/aromatic N) is 1. The summed E-state index contributed by atoms with van der Waals surface area (Å²) in [7, 11) is 1.66. The van der Waals surface area contributed by atoms with Crippen LogP contribution in [0, 0.1) is 0 Å². The number of ether oxygens (including phenoxy) is 1. The van der Waals surface area contributed by atoms with E-state index in [9.17, 15) is 4.79 Å². The monoisotopic (exact) mass is 217 g/mol. The molecule has 2 rings (SSSR count). The van der Waals surface area contributed by atoms with Crippen molar-refractivity contribution in [2.24, 2.45) is 0 Å². The summed E-state index contributed by atoms with van der Waals surface area (Å²) in [5.74, 6) is 0.818. The lowest BCUT2D eigenvalue weighted by atomic mass is 10.2. The zero-order valence-corrected chi connectivity index (χ0v) is 9.56. The van der Waals surface area contributed by atoms with E-state index in [1.807, 2.05) is 22.9 Å².